The molecule has 0 saturated carbocycles. The van der Waals surface area contributed by atoms with E-state index in [-0.39, 0.29) is 23.4 Å². The summed E-state index contributed by atoms with van der Waals surface area (Å²) in [6.45, 7) is -0.0994. The molecule has 1 aliphatic heterocycles. The van der Waals surface area contributed by atoms with Gasteiger partial charge in [-0.3, -0.25) is 9.69 Å². The van der Waals surface area contributed by atoms with E-state index in [1.54, 1.807) is 0 Å². The van der Waals surface area contributed by atoms with Gasteiger partial charge >= 0.3 is 6.18 Å². The minimum absolute atomic E-state index is 0.0994. The Morgan fingerprint density at radius 2 is 2.17 bits per heavy atom. The molecule has 1 atom stereocenters. The van der Waals surface area contributed by atoms with Gasteiger partial charge in [-0.2, -0.15) is 13.2 Å². The van der Waals surface area contributed by atoms with Gasteiger partial charge in [-0.25, -0.2) is 9.97 Å². The summed E-state index contributed by atoms with van der Waals surface area (Å²) in [7, 11) is 0. The number of carbonyl (C=O) groups is 1. The molecule has 1 amide bonds. The molecule has 0 bridgehead atoms. The van der Waals surface area contributed by atoms with Crippen molar-refractivity contribution in [3.05, 3.63) is 16.4 Å². The number of hydrogen-bond acceptors (Lipinski definition) is 4. The lowest BCUT2D eigenvalue weighted by molar-refractivity contribution is -0.141. The number of carbonyl (C=O) groups excluding carboxylic acids is 1. The monoisotopic (exact) mass is 325 g/mol. The second kappa shape index (κ2) is 4.47. The van der Waals surface area contributed by atoms with Crippen LogP contribution in [0.4, 0.5) is 19.1 Å². The van der Waals surface area contributed by atoms with E-state index in [1.807, 2.05) is 0 Å². The summed E-state index contributed by atoms with van der Waals surface area (Å²) in [4.78, 5) is 19.3. The molecule has 0 radical (unpaired) electrons. The largest absolute Gasteiger partial charge is 0.434 e. The molecule has 18 heavy (non-hydrogen) atoms. The van der Waals surface area contributed by atoms with Crippen molar-refractivity contribution >= 4 is 27.8 Å². The van der Waals surface area contributed by atoms with Crippen LogP contribution in [0.15, 0.2) is 10.7 Å². The Labute approximate surface area is 108 Å². The number of alkyl halides is 3. The van der Waals surface area contributed by atoms with Gasteiger partial charge < -0.3 is 5.11 Å². The van der Waals surface area contributed by atoms with Crippen LogP contribution in [0.3, 0.4) is 0 Å². The molecule has 5 nitrogen and oxygen atoms in total. The van der Waals surface area contributed by atoms with Crippen LogP contribution in [0.5, 0.6) is 0 Å². The highest BCUT2D eigenvalue weighted by Gasteiger charge is 2.38. The van der Waals surface area contributed by atoms with Crippen LogP contribution >= 0.6 is 15.9 Å². The van der Waals surface area contributed by atoms with Crippen LogP contribution in [-0.2, 0) is 11.0 Å². The van der Waals surface area contributed by atoms with Gasteiger partial charge in [0.05, 0.1) is 23.5 Å². The molecular weight excluding hydrogens is 319 g/mol. The van der Waals surface area contributed by atoms with E-state index in [0.29, 0.717) is 0 Å². The van der Waals surface area contributed by atoms with Gasteiger partial charge in [0.1, 0.15) is 0 Å². The maximum atomic E-state index is 12.6. The van der Waals surface area contributed by atoms with Gasteiger partial charge in [-0.1, -0.05) is 0 Å². The summed E-state index contributed by atoms with van der Waals surface area (Å²) >= 11 is 2.70. The third kappa shape index (κ3) is 2.46. The van der Waals surface area contributed by atoms with Gasteiger partial charge in [0.2, 0.25) is 11.9 Å². The van der Waals surface area contributed by atoms with E-state index in [4.69, 9.17) is 0 Å². The van der Waals surface area contributed by atoms with Crippen LogP contribution in [0.1, 0.15) is 12.1 Å². The Hall–Kier alpha value is -1.22. The number of hydrogen-bond donors (Lipinski definition) is 1. The van der Waals surface area contributed by atoms with Crippen molar-refractivity contribution in [3.8, 4) is 0 Å². The van der Waals surface area contributed by atoms with Crippen LogP contribution < -0.4 is 4.90 Å². The minimum Gasteiger partial charge on any atom is -0.391 e. The zero-order chi connectivity index (χ0) is 13.5. The molecule has 98 valence electrons. The van der Waals surface area contributed by atoms with Gasteiger partial charge in [-0.15, -0.1) is 0 Å². The predicted molar refractivity (Wildman–Crippen MR) is 57.7 cm³/mol. The Balaban J connectivity index is 2.39. The molecule has 2 heterocycles. The zero-order valence-electron chi connectivity index (χ0n) is 8.78. The number of β-amino-alcohol motifs (C(OH)–C–C–N with tert-alkyl or cyclic N) is 1. The lowest BCUT2D eigenvalue weighted by Crippen LogP contribution is -2.28. The Bertz CT molecular complexity index is 494. The number of amides is 1. The summed E-state index contributed by atoms with van der Waals surface area (Å²) in [6, 6.07) is 0. The Morgan fingerprint density at radius 3 is 2.67 bits per heavy atom. The predicted octanol–water partition coefficient (Wildman–Crippen LogP) is 1.36. The van der Waals surface area contributed by atoms with E-state index >= 15 is 0 Å². The number of anilines is 1. The molecule has 1 aromatic heterocycles. The van der Waals surface area contributed by atoms with Crippen molar-refractivity contribution in [1.82, 2.24) is 9.97 Å². The molecule has 1 aromatic rings. The Kier molecular flexibility index (Phi) is 3.28. The highest BCUT2D eigenvalue weighted by molar-refractivity contribution is 9.10. The summed E-state index contributed by atoms with van der Waals surface area (Å²) in [5.41, 5.74) is -1.15. The van der Waals surface area contributed by atoms with E-state index in [2.05, 4.69) is 25.9 Å². The number of nitrogens with zero attached hydrogens (tertiary/aromatic N) is 3. The highest BCUT2D eigenvalue weighted by atomic mass is 79.9. The maximum absolute atomic E-state index is 12.6. The average molecular weight is 326 g/mol. The number of aromatic nitrogens is 2. The molecule has 0 aromatic carbocycles. The third-order valence-electron chi connectivity index (χ3n) is 2.35. The van der Waals surface area contributed by atoms with Crippen molar-refractivity contribution in [2.24, 2.45) is 0 Å². The van der Waals surface area contributed by atoms with E-state index in [1.165, 1.54) is 0 Å². The highest BCUT2D eigenvalue weighted by Crippen LogP contribution is 2.34. The van der Waals surface area contributed by atoms with Gasteiger partial charge in [-0.05, 0) is 15.9 Å². The second-order valence-corrected chi connectivity index (χ2v) is 4.58. The van der Waals surface area contributed by atoms with Crippen molar-refractivity contribution in [2.45, 2.75) is 18.7 Å². The third-order valence-corrected chi connectivity index (χ3v) is 2.93. The quantitative estimate of drug-likeness (QED) is 0.846. The van der Waals surface area contributed by atoms with E-state index in [0.717, 1.165) is 11.1 Å². The van der Waals surface area contributed by atoms with Crippen LogP contribution in [0.2, 0.25) is 0 Å². The zero-order valence-corrected chi connectivity index (χ0v) is 10.4. The summed E-state index contributed by atoms with van der Waals surface area (Å²) in [6.07, 6.45) is -4.75. The molecular formula is C9H7BrF3N3O2. The summed E-state index contributed by atoms with van der Waals surface area (Å²) in [5.74, 6) is -0.856. The van der Waals surface area contributed by atoms with E-state index in [9.17, 15) is 23.1 Å². The average Bonchev–Trinajstić information content (AvgIpc) is 2.57. The molecule has 2 rings (SSSR count). The van der Waals surface area contributed by atoms with Crippen molar-refractivity contribution in [1.29, 1.82) is 0 Å². The fraction of sp³-hybridized carbons (Fsp3) is 0.444. The van der Waals surface area contributed by atoms with Crippen LogP contribution in [-0.4, -0.2) is 33.6 Å². The first-order chi connectivity index (χ1) is 8.29. The smallest absolute Gasteiger partial charge is 0.391 e. The number of aliphatic hydroxyl groups excluding tert-OH is 1. The minimum atomic E-state index is -4.64. The van der Waals surface area contributed by atoms with Crippen molar-refractivity contribution < 1.29 is 23.1 Å². The molecule has 9 heteroatoms. The first-order valence-corrected chi connectivity index (χ1v) is 5.66. The van der Waals surface area contributed by atoms with E-state index < -0.39 is 23.9 Å². The van der Waals surface area contributed by atoms with Crippen molar-refractivity contribution in [2.75, 3.05) is 11.4 Å². The van der Waals surface area contributed by atoms with Gasteiger partial charge in [0.25, 0.3) is 0 Å². The molecule has 0 aliphatic carbocycles. The van der Waals surface area contributed by atoms with Gasteiger partial charge in [0, 0.05) is 6.20 Å². The number of halogens is 4. The first-order valence-electron chi connectivity index (χ1n) is 4.87. The van der Waals surface area contributed by atoms with Gasteiger partial charge in [0.15, 0.2) is 5.69 Å². The van der Waals surface area contributed by atoms with Crippen LogP contribution in [0, 0.1) is 0 Å². The summed E-state index contributed by atoms with van der Waals surface area (Å²) < 4.78 is 37.5. The van der Waals surface area contributed by atoms with Crippen molar-refractivity contribution in [3.63, 3.8) is 0 Å². The molecule has 1 N–H and O–H groups in total. The lowest BCUT2D eigenvalue weighted by atomic mass is 10.3. The Morgan fingerprint density at radius 1 is 1.50 bits per heavy atom. The number of rotatable bonds is 1. The molecule has 0 spiro atoms. The molecule has 1 unspecified atom stereocenters. The number of aliphatic hydroxyl groups is 1. The fourth-order valence-corrected chi connectivity index (χ4v) is 1.98. The topological polar surface area (TPSA) is 66.3 Å². The van der Waals surface area contributed by atoms with Crippen LogP contribution in [0.25, 0.3) is 0 Å². The maximum Gasteiger partial charge on any atom is 0.434 e. The molecule has 1 fully saturated rings. The SMILES string of the molecule is O=C1CC(O)CN1c1ncc(Br)c(C(F)(F)F)n1. The molecule has 1 saturated heterocycles. The summed E-state index contributed by atoms with van der Waals surface area (Å²) in [5, 5.41) is 9.27. The second-order valence-electron chi connectivity index (χ2n) is 3.73. The fourth-order valence-electron chi connectivity index (χ4n) is 1.57. The lowest BCUT2D eigenvalue weighted by Gasteiger charge is -2.15. The first kappa shape index (κ1) is 13.2. The normalized spacial score (nSPS) is 20.6. The standard InChI is InChI=1S/C9H7BrF3N3O2/c10-5-2-14-8(15-7(5)9(11,12)13)16-3-4(17)1-6(16)18/h2,4,17H,1,3H2. The molecule has 1 aliphatic rings.